The molecule has 2 aliphatic rings. The Bertz CT molecular complexity index is 204. The lowest BCUT2D eigenvalue weighted by molar-refractivity contribution is 0.157. The van der Waals surface area contributed by atoms with Crippen LogP contribution in [0.5, 0.6) is 0 Å². The minimum Gasteiger partial charge on any atom is -0.381 e. The molecule has 2 aliphatic heterocycles. The summed E-state index contributed by atoms with van der Waals surface area (Å²) in [6.07, 6.45) is 6.62. The van der Waals surface area contributed by atoms with Crippen LogP contribution < -0.4 is 5.73 Å². The molecule has 16 heavy (non-hydrogen) atoms. The lowest BCUT2D eigenvalue weighted by Gasteiger charge is -2.31. The van der Waals surface area contributed by atoms with Gasteiger partial charge in [0.05, 0.1) is 6.61 Å². The number of rotatable bonds is 3. The molecule has 2 N–H and O–H groups in total. The molecule has 0 saturated carbocycles. The molecule has 94 valence electrons. The van der Waals surface area contributed by atoms with Crippen LogP contribution in [-0.4, -0.2) is 43.3 Å². The molecule has 3 atom stereocenters. The van der Waals surface area contributed by atoms with Gasteiger partial charge in [0.15, 0.2) is 0 Å². The number of hydrogen-bond donors (Lipinski definition) is 1. The smallest absolute Gasteiger partial charge is 0.0510 e. The van der Waals surface area contributed by atoms with Crippen molar-refractivity contribution in [3.05, 3.63) is 0 Å². The quantitative estimate of drug-likeness (QED) is 0.794. The Balaban J connectivity index is 1.81. The number of ether oxygens (including phenoxy) is 1. The van der Waals surface area contributed by atoms with Crippen molar-refractivity contribution in [1.82, 2.24) is 4.90 Å². The summed E-state index contributed by atoms with van der Waals surface area (Å²) in [7, 11) is 0. The summed E-state index contributed by atoms with van der Waals surface area (Å²) in [6.45, 7) is 6.44. The molecule has 3 heteroatoms. The third kappa shape index (κ3) is 3.19. The molecule has 3 nitrogen and oxygen atoms in total. The molecule has 0 aromatic rings. The van der Waals surface area contributed by atoms with Gasteiger partial charge in [0.1, 0.15) is 0 Å². The van der Waals surface area contributed by atoms with Gasteiger partial charge < -0.3 is 10.5 Å². The fourth-order valence-electron chi connectivity index (χ4n) is 2.92. The standard InChI is InChI=1S/C13H26N2O/c1-11-5-3-2-4-7-15(11)9-13(14)12-6-8-16-10-12/h11-13H,2-10,14H2,1H3. The van der Waals surface area contributed by atoms with Crippen LogP contribution in [0.15, 0.2) is 0 Å². The van der Waals surface area contributed by atoms with Gasteiger partial charge in [-0.2, -0.15) is 0 Å². The highest BCUT2D eigenvalue weighted by Gasteiger charge is 2.26. The molecule has 0 aliphatic carbocycles. The van der Waals surface area contributed by atoms with Gasteiger partial charge in [0, 0.05) is 31.2 Å². The Morgan fingerprint density at radius 1 is 1.31 bits per heavy atom. The second kappa shape index (κ2) is 5.99. The fraction of sp³-hybridized carbons (Fsp3) is 1.00. The summed E-state index contributed by atoms with van der Waals surface area (Å²) in [4.78, 5) is 2.59. The van der Waals surface area contributed by atoms with Crippen LogP contribution >= 0.6 is 0 Å². The highest BCUT2D eigenvalue weighted by Crippen LogP contribution is 2.20. The van der Waals surface area contributed by atoms with Crippen molar-refractivity contribution in [2.24, 2.45) is 11.7 Å². The molecule has 0 aromatic heterocycles. The van der Waals surface area contributed by atoms with Crippen molar-refractivity contribution in [1.29, 1.82) is 0 Å². The number of hydrogen-bond acceptors (Lipinski definition) is 3. The first-order valence-corrected chi connectivity index (χ1v) is 6.85. The second-order valence-corrected chi connectivity index (χ2v) is 5.48. The summed E-state index contributed by atoms with van der Waals surface area (Å²) in [6, 6.07) is 1.03. The maximum atomic E-state index is 6.30. The average molecular weight is 226 g/mol. The largest absolute Gasteiger partial charge is 0.381 e. The Hall–Kier alpha value is -0.120. The predicted molar refractivity (Wildman–Crippen MR) is 66.4 cm³/mol. The zero-order valence-corrected chi connectivity index (χ0v) is 10.5. The van der Waals surface area contributed by atoms with Crippen LogP contribution in [0.25, 0.3) is 0 Å². The molecule has 2 fully saturated rings. The molecule has 2 rings (SSSR count). The van der Waals surface area contributed by atoms with Crippen LogP contribution in [0.1, 0.15) is 39.0 Å². The Kier molecular flexibility index (Phi) is 4.62. The Morgan fingerprint density at radius 2 is 2.19 bits per heavy atom. The Labute approximate surface area is 99.3 Å². The van der Waals surface area contributed by atoms with Crippen LogP contribution in [0.3, 0.4) is 0 Å². The van der Waals surface area contributed by atoms with E-state index >= 15 is 0 Å². The molecule has 3 unspecified atom stereocenters. The van der Waals surface area contributed by atoms with Crippen molar-refractivity contribution in [2.75, 3.05) is 26.3 Å². The van der Waals surface area contributed by atoms with Crippen molar-refractivity contribution in [2.45, 2.75) is 51.1 Å². The van der Waals surface area contributed by atoms with Gasteiger partial charge in [-0.15, -0.1) is 0 Å². The SMILES string of the molecule is CC1CCCCCN1CC(N)C1CCOC1. The first kappa shape index (κ1) is 12.3. The van der Waals surface area contributed by atoms with E-state index in [9.17, 15) is 0 Å². The van der Waals surface area contributed by atoms with E-state index < -0.39 is 0 Å². The molecular formula is C13H26N2O. The molecule has 0 bridgehead atoms. The van der Waals surface area contributed by atoms with E-state index in [0.717, 1.165) is 32.2 Å². The van der Waals surface area contributed by atoms with Crippen LogP contribution in [0.4, 0.5) is 0 Å². The third-order valence-corrected chi connectivity index (χ3v) is 4.21. The van der Waals surface area contributed by atoms with E-state index in [-0.39, 0.29) is 0 Å². The van der Waals surface area contributed by atoms with Gasteiger partial charge in [-0.1, -0.05) is 12.8 Å². The normalized spacial score (nSPS) is 34.9. The van der Waals surface area contributed by atoms with Gasteiger partial charge in [-0.25, -0.2) is 0 Å². The molecule has 0 radical (unpaired) electrons. The molecule has 0 aromatic carbocycles. The summed E-state index contributed by atoms with van der Waals surface area (Å²) < 4.78 is 5.42. The first-order valence-electron chi connectivity index (χ1n) is 6.85. The summed E-state index contributed by atoms with van der Waals surface area (Å²) in [5.74, 6) is 0.593. The second-order valence-electron chi connectivity index (χ2n) is 5.48. The zero-order valence-electron chi connectivity index (χ0n) is 10.5. The van der Waals surface area contributed by atoms with Crippen LogP contribution in [0, 0.1) is 5.92 Å². The number of likely N-dealkylation sites (tertiary alicyclic amines) is 1. The monoisotopic (exact) mass is 226 g/mol. The molecule has 0 amide bonds. The fourth-order valence-corrected chi connectivity index (χ4v) is 2.92. The van der Waals surface area contributed by atoms with Gasteiger partial charge in [0.25, 0.3) is 0 Å². The van der Waals surface area contributed by atoms with E-state index in [0.29, 0.717) is 12.0 Å². The number of nitrogens with two attached hydrogens (primary N) is 1. The van der Waals surface area contributed by atoms with Gasteiger partial charge in [0.2, 0.25) is 0 Å². The van der Waals surface area contributed by atoms with E-state index in [1.165, 1.54) is 32.2 Å². The lowest BCUT2D eigenvalue weighted by atomic mass is 9.99. The third-order valence-electron chi connectivity index (χ3n) is 4.21. The topological polar surface area (TPSA) is 38.5 Å². The minimum atomic E-state index is 0.308. The molecule has 2 heterocycles. The minimum absolute atomic E-state index is 0.308. The van der Waals surface area contributed by atoms with Crippen LogP contribution in [0.2, 0.25) is 0 Å². The zero-order chi connectivity index (χ0) is 11.4. The lowest BCUT2D eigenvalue weighted by Crippen LogP contribution is -2.45. The molecular weight excluding hydrogens is 200 g/mol. The predicted octanol–water partition coefficient (Wildman–Crippen LogP) is 1.61. The van der Waals surface area contributed by atoms with Gasteiger partial charge >= 0.3 is 0 Å². The van der Waals surface area contributed by atoms with Crippen molar-refractivity contribution in [3.8, 4) is 0 Å². The summed E-state index contributed by atoms with van der Waals surface area (Å²) >= 11 is 0. The Morgan fingerprint density at radius 3 is 2.94 bits per heavy atom. The van der Waals surface area contributed by atoms with Crippen LogP contribution in [-0.2, 0) is 4.74 Å². The van der Waals surface area contributed by atoms with Gasteiger partial charge in [-0.05, 0) is 32.7 Å². The van der Waals surface area contributed by atoms with E-state index in [4.69, 9.17) is 10.5 Å². The highest BCUT2D eigenvalue weighted by atomic mass is 16.5. The highest BCUT2D eigenvalue weighted by molar-refractivity contribution is 4.82. The maximum absolute atomic E-state index is 6.30. The first-order chi connectivity index (χ1) is 7.77. The van der Waals surface area contributed by atoms with Crippen molar-refractivity contribution < 1.29 is 4.74 Å². The van der Waals surface area contributed by atoms with E-state index in [1.54, 1.807) is 0 Å². The maximum Gasteiger partial charge on any atom is 0.0510 e. The summed E-state index contributed by atoms with van der Waals surface area (Å²) in [5, 5.41) is 0. The van der Waals surface area contributed by atoms with Crippen molar-refractivity contribution >= 4 is 0 Å². The molecule has 0 spiro atoms. The van der Waals surface area contributed by atoms with Gasteiger partial charge in [-0.3, -0.25) is 4.90 Å². The summed E-state index contributed by atoms with van der Waals surface area (Å²) in [5.41, 5.74) is 6.30. The van der Waals surface area contributed by atoms with Crippen molar-refractivity contribution in [3.63, 3.8) is 0 Å². The van der Waals surface area contributed by atoms with E-state index in [2.05, 4.69) is 11.8 Å². The number of nitrogens with zero attached hydrogens (tertiary/aromatic N) is 1. The average Bonchev–Trinajstić information content (AvgIpc) is 2.73. The van der Waals surface area contributed by atoms with E-state index in [1.807, 2.05) is 0 Å². The molecule has 2 saturated heterocycles.